The van der Waals surface area contributed by atoms with Gasteiger partial charge in [-0.05, 0) is 57.8 Å². The molecule has 0 aliphatic heterocycles. The van der Waals surface area contributed by atoms with Crippen molar-refractivity contribution in [1.29, 1.82) is 0 Å². The van der Waals surface area contributed by atoms with E-state index in [0.717, 1.165) is 46.8 Å². The fourth-order valence-electron chi connectivity index (χ4n) is 4.73. The maximum atomic E-state index is 4.59. The lowest BCUT2D eigenvalue weighted by Crippen LogP contribution is -2.30. The van der Waals surface area contributed by atoms with Crippen molar-refractivity contribution < 1.29 is 0 Å². The monoisotopic (exact) mass is 299 g/mol. The molecule has 2 aliphatic rings. The molecule has 4 atom stereocenters. The molecule has 0 spiro atoms. The van der Waals surface area contributed by atoms with Gasteiger partial charge in [0.2, 0.25) is 0 Å². The minimum absolute atomic E-state index is 0.467. The van der Waals surface area contributed by atoms with Crippen molar-refractivity contribution in [2.75, 3.05) is 5.32 Å². The van der Waals surface area contributed by atoms with Crippen LogP contribution in [0.25, 0.3) is 11.0 Å². The first-order valence-corrected chi connectivity index (χ1v) is 8.62. The summed E-state index contributed by atoms with van der Waals surface area (Å²) in [7, 11) is 0. The summed E-state index contributed by atoms with van der Waals surface area (Å²) in [6.07, 6.45) is 7.37. The highest BCUT2D eigenvalue weighted by Crippen LogP contribution is 2.49. The number of rotatable bonds is 4. The highest BCUT2D eigenvalue weighted by molar-refractivity contribution is 5.87. The topological polar surface area (TPSA) is 55.6 Å². The van der Waals surface area contributed by atoms with Crippen LogP contribution < -0.4 is 5.32 Å². The average Bonchev–Trinajstić information content (AvgIpc) is 3.22. The van der Waals surface area contributed by atoms with E-state index in [-0.39, 0.29) is 0 Å². The zero-order valence-electron chi connectivity index (χ0n) is 13.7. The van der Waals surface area contributed by atoms with Gasteiger partial charge in [0.1, 0.15) is 17.4 Å². The molecule has 0 unspecified atom stereocenters. The van der Waals surface area contributed by atoms with Gasteiger partial charge in [-0.2, -0.15) is 5.10 Å². The molecule has 22 heavy (non-hydrogen) atoms. The standard InChI is InChI=1S/C17H25N5/c1-4-22-16-15(11(3)21-22)18-9-19-17(16)20-10(2)14-8-12-5-6-13(14)7-12/h9-10,12-14H,4-8H2,1-3H3,(H,18,19,20)/t10-,12+,13+,14-/m1/s1. The van der Waals surface area contributed by atoms with E-state index in [9.17, 15) is 0 Å². The zero-order valence-corrected chi connectivity index (χ0v) is 13.7. The van der Waals surface area contributed by atoms with Crippen LogP contribution in [0.1, 0.15) is 45.2 Å². The molecule has 2 fully saturated rings. The predicted molar refractivity (Wildman–Crippen MR) is 87.8 cm³/mol. The van der Waals surface area contributed by atoms with Crippen LogP contribution in [-0.4, -0.2) is 25.8 Å². The Kier molecular flexibility index (Phi) is 3.31. The maximum absolute atomic E-state index is 4.59. The van der Waals surface area contributed by atoms with Gasteiger partial charge in [0.15, 0.2) is 5.82 Å². The van der Waals surface area contributed by atoms with Gasteiger partial charge in [0, 0.05) is 12.6 Å². The number of nitrogens with zero attached hydrogens (tertiary/aromatic N) is 4. The molecule has 118 valence electrons. The fraction of sp³-hybridized carbons (Fsp3) is 0.706. The van der Waals surface area contributed by atoms with Crippen molar-refractivity contribution in [3.63, 3.8) is 0 Å². The number of hydrogen-bond acceptors (Lipinski definition) is 4. The third-order valence-electron chi connectivity index (χ3n) is 5.79. The van der Waals surface area contributed by atoms with Gasteiger partial charge in [-0.25, -0.2) is 9.97 Å². The molecule has 0 saturated heterocycles. The van der Waals surface area contributed by atoms with Crippen molar-refractivity contribution in [3.05, 3.63) is 12.0 Å². The summed E-state index contributed by atoms with van der Waals surface area (Å²) in [6.45, 7) is 7.29. The van der Waals surface area contributed by atoms with Crippen molar-refractivity contribution in [3.8, 4) is 0 Å². The fourth-order valence-corrected chi connectivity index (χ4v) is 4.73. The van der Waals surface area contributed by atoms with E-state index in [1.54, 1.807) is 6.33 Å². The van der Waals surface area contributed by atoms with Crippen molar-refractivity contribution in [2.45, 2.75) is 59.0 Å². The molecule has 0 radical (unpaired) electrons. The van der Waals surface area contributed by atoms with Crippen LogP contribution in [0.5, 0.6) is 0 Å². The number of aromatic nitrogens is 4. The number of anilines is 1. The smallest absolute Gasteiger partial charge is 0.155 e. The van der Waals surface area contributed by atoms with Gasteiger partial charge >= 0.3 is 0 Å². The average molecular weight is 299 g/mol. The molecule has 5 nitrogen and oxygen atoms in total. The number of hydrogen-bond donors (Lipinski definition) is 1. The summed E-state index contributed by atoms with van der Waals surface area (Å²) < 4.78 is 2.01. The first-order chi connectivity index (χ1) is 10.7. The van der Waals surface area contributed by atoms with Crippen molar-refractivity contribution >= 4 is 16.9 Å². The van der Waals surface area contributed by atoms with E-state index >= 15 is 0 Å². The Bertz CT molecular complexity index is 692. The molecule has 0 aromatic carbocycles. The van der Waals surface area contributed by atoms with E-state index in [0.29, 0.717) is 6.04 Å². The van der Waals surface area contributed by atoms with E-state index in [1.807, 2.05) is 11.6 Å². The van der Waals surface area contributed by atoms with Crippen LogP contribution in [-0.2, 0) is 6.54 Å². The number of fused-ring (bicyclic) bond motifs is 3. The molecule has 4 rings (SSSR count). The normalized spacial score (nSPS) is 28.4. The molecular weight excluding hydrogens is 274 g/mol. The molecule has 2 aliphatic carbocycles. The molecule has 5 heteroatoms. The SMILES string of the molecule is CCn1nc(C)c2ncnc(N[C@H](C)[C@H]3C[C@H]4CC[C@H]3C4)c21. The molecule has 2 saturated carbocycles. The first kappa shape index (κ1) is 14.0. The van der Waals surface area contributed by atoms with Gasteiger partial charge in [-0.15, -0.1) is 0 Å². The third-order valence-corrected chi connectivity index (χ3v) is 5.79. The summed E-state index contributed by atoms with van der Waals surface area (Å²) in [5.41, 5.74) is 3.01. The molecular formula is C17H25N5. The number of aryl methyl sites for hydroxylation is 2. The lowest BCUT2D eigenvalue weighted by Gasteiger charge is -2.29. The maximum Gasteiger partial charge on any atom is 0.155 e. The van der Waals surface area contributed by atoms with Gasteiger partial charge in [-0.3, -0.25) is 4.68 Å². The second kappa shape index (κ2) is 5.21. The Balaban J connectivity index is 1.64. The predicted octanol–water partition coefficient (Wildman–Crippen LogP) is 3.39. The zero-order chi connectivity index (χ0) is 15.3. The Labute approximate surface area is 131 Å². The molecule has 2 aromatic heterocycles. The molecule has 2 bridgehead atoms. The Hall–Kier alpha value is -1.65. The first-order valence-electron chi connectivity index (χ1n) is 8.62. The summed E-state index contributed by atoms with van der Waals surface area (Å²) in [5.74, 6) is 3.64. The summed E-state index contributed by atoms with van der Waals surface area (Å²) in [6, 6.07) is 0.467. The van der Waals surface area contributed by atoms with Crippen LogP contribution in [0.4, 0.5) is 5.82 Å². The molecule has 0 amide bonds. The Morgan fingerprint density at radius 1 is 1.32 bits per heavy atom. The lowest BCUT2D eigenvalue weighted by molar-refractivity contribution is 0.304. The largest absolute Gasteiger partial charge is 0.365 e. The molecule has 2 heterocycles. The minimum Gasteiger partial charge on any atom is -0.365 e. The van der Waals surface area contributed by atoms with Crippen LogP contribution in [0.15, 0.2) is 6.33 Å². The van der Waals surface area contributed by atoms with E-state index in [4.69, 9.17) is 0 Å². The second-order valence-corrected chi connectivity index (χ2v) is 7.09. The lowest BCUT2D eigenvalue weighted by atomic mass is 9.84. The van der Waals surface area contributed by atoms with Gasteiger partial charge in [-0.1, -0.05) is 6.42 Å². The van der Waals surface area contributed by atoms with E-state index in [1.165, 1.54) is 25.7 Å². The highest BCUT2D eigenvalue weighted by atomic mass is 15.3. The summed E-state index contributed by atoms with van der Waals surface area (Å²) >= 11 is 0. The van der Waals surface area contributed by atoms with Crippen LogP contribution >= 0.6 is 0 Å². The van der Waals surface area contributed by atoms with E-state index < -0.39 is 0 Å². The third kappa shape index (κ3) is 2.09. The van der Waals surface area contributed by atoms with Crippen molar-refractivity contribution in [1.82, 2.24) is 19.7 Å². The van der Waals surface area contributed by atoms with Gasteiger partial charge in [0.05, 0.1) is 5.69 Å². The molecule has 2 aromatic rings. The van der Waals surface area contributed by atoms with E-state index in [2.05, 4.69) is 34.2 Å². The van der Waals surface area contributed by atoms with Gasteiger partial charge < -0.3 is 5.32 Å². The number of nitrogens with one attached hydrogen (secondary N) is 1. The van der Waals surface area contributed by atoms with Crippen molar-refractivity contribution in [2.24, 2.45) is 17.8 Å². The molecule has 1 N–H and O–H groups in total. The van der Waals surface area contributed by atoms with Crippen LogP contribution in [0.3, 0.4) is 0 Å². The van der Waals surface area contributed by atoms with Gasteiger partial charge in [0.25, 0.3) is 0 Å². The summed E-state index contributed by atoms with van der Waals surface area (Å²) in [5, 5.41) is 8.27. The van der Waals surface area contributed by atoms with Crippen LogP contribution in [0.2, 0.25) is 0 Å². The quantitative estimate of drug-likeness (QED) is 0.940. The Morgan fingerprint density at radius 3 is 2.86 bits per heavy atom. The highest BCUT2D eigenvalue weighted by Gasteiger charge is 2.42. The Morgan fingerprint density at radius 2 is 2.18 bits per heavy atom. The van der Waals surface area contributed by atoms with Crippen LogP contribution in [0, 0.1) is 24.7 Å². The minimum atomic E-state index is 0.467. The summed E-state index contributed by atoms with van der Waals surface area (Å²) in [4.78, 5) is 8.94. The second-order valence-electron chi connectivity index (χ2n) is 7.09.